The monoisotopic (exact) mass is 458 g/mol. The van der Waals surface area contributed by atoms with E-state index in [-0.39, 0.29) is 5.56 Å². The predicted octanol–water partition coefficient (Wildman–Crippen LogP) is -0.121. The zero-order chi connectivity index (χ0) is 17.9. The van der Waals surface area contributed by atoms with Crippen molar-refractivity contribution in [2.24, 2.45) is 0 Å². The second-order valence-electron chi connectivity index (χ2n) is 6.27. The van der Waals surface area contributed by atoms with Gasteiger partial charge in [0.1, 0.15) is 23.3 Å². The molecule has 4 N–H and O–H groups in total. The molecule has 0 saturated carbocycles. The van der Waals surface area contributed by atoms with Crippen LogP contribution in [0.1, 0.15) is 13.2 Å². The minimum Gasteiger partial charge on any atom is -0.394 e. The third-order valence-corrected chi connectivity index (χ3v) is 5.47. The van der Waals surface area contributed by atoms with E-state index < -0.39 is 30.6 Å². The molecule has 1 saturated heterocycles. The topological polar surface area (TPSA) is 133 Å². The Kier molecular flexibility index (Phi) is 3.85. The summed E-state index contributed by atoms with van der Waals surface area (Å²) in [6.45, 7) is 0.997. The summed E-state index contributed by atoms with van der Waals surface area (Å²) in [6.07, 6.45) is -0.113. The molecule has 1 fully saturated rings. The molecule has 0 amide bonds. The van der Waals surface area contributed by atoms with Crippen molar-refractivity contribution in [1.82, 2.24) is 20.0 Å². The normalized spacial score (nSPS) is 29.7. The molecular weight excluding hydrogens is 443 g/mol. The first kappa shape index (κ1) is 16.8. The van der Waals surface area contributed by atoms with Gasteiger partial charge < -0.3 is 20.1 Å². The number of aromatic nitrogens is 4. The van der Waals surface area contributed by atoms with E-state index in [9.17, 15) is 20.1 Å². The second-order valence-corrected chi connectivity index (χ2v) is 7.43. The van der Waals surface area contributed by atoms with Crippen molar-refractivity contribution in [3.63, 3.8) is 0 Å². The lowest BCUT2D eigenvalue weighted by Crippen LogP contribution is -2.44. The van der Waals surface area contributed by atoms with Crippen molar-refractivity contribution in [1.29, 1.82) is 0 Å². The number of aliphatic hydroxyl groups is 3. The summed E-state index contributed by atoms with van der Waals surface area (Å²) in [5.74, 6) is 0. The second kappa shape index (κ2) is 5.71. The van der Waals surface area contributed by atoms with E-state index in [4.69, 9.17) is 4.74 Å². The van der Waals surface area contributed by atoms with Crippen molar-refractivity contribution in [2.45, 2.75) is 31.0 Å². The van der Waals surface area contributed by atoms with Crippen molar-refractivity contribution < 1.29 is 20.1 Å². The third-order valence-electron chi connectivity index (χ3n) is 4.58. The SMILES string of the molecule is C[C@@]1(O)[C@H](O)[C@@H](CO)O[C@H]1n1cc2c(I)cc3c(=O)[nH]ncc(n1)c23. The minimum absolute atomic E-state index is 0.317. The summed E-state index contributed by atoms with van der Waals surface area (Å²) in [5.41, 5.74) is -1.53. The number of aliphatic hydroxyl groups excluding tert-OH is 2. The highest BCUT2D eigenvalue weighted by Gasteiger charge is 2.53. The van der Waals surface area contributed by atoms with Gasteiger partial charge in [-0.15, -0.1) is 0 Å². The van der Waals surface area contributed by atoms with Crippen LogP contribution in [0.4, 0.5) is 0 Å². The zero-order valence-corrected chi connectivity index (χ0v) is 15.2. The Hall–Kier alpha value is -1.60. The highest BCUT2D eigenvalue weighted by atomic mass is 127. The Morgan fingerprint density at radius 1 is 1.48 bits per heavy atom. The van der Waals surface area contributed by atoms with Crippen LogP contribution in [0.2, 0.25) is 0 Å². The lowest BCUT2D eigenvalue weighted by Gasteiger charge is -2.27. The quantitative estimate of drug-likeness (QED) is 0.394. The number of rotatable bonds is 2. The van der Waals surface area contributed by atoms with Gasteiger partial charge in [-0.2, -0.15) is 10.2 Å². The molecule has 2 aromatic heterocycles. The van der Waals surface area contributed by atoms with Crippen molar-refractivity contribution in [3.05, 3.63) is 32.4 Å². The van der Waals surface area contributed by atoms with E-state index in [0.717, 1.165) is 8.96 Å². The molecule has 0 aliphatic carbocycles. The standard InChI is InChI=1S/C15H15IN4O5/c1-15(24)12(22)10(5-21)25-14(15)20-4-7-8(16)2-6-11(7)9(19-20)3-17-18-13(6)23/h2-4,10,12,14,21-22,24H,5H2,1H3,(H,18,23)/t10-,12-,14-,15-/m1/s1. The number of H-pyrrole nitrogens is 1. The number of nitrogens with one attached hydrogen (secondary N) is 1. The molecule has 4 rings (SSSR count). The molecule has 4 atom stereocenters. The van der Waals surface area contributed by atoms with Gasteiger partial charge in [0.25, 0.3) is 5.56 Å². The van der Waals surface area contributed by atoms with Gasteiger partial charge in [0.05, 0.1) is 18.2 Å². The first-order chi connectivity index (χ1) is 11.8. The van der Waals surface area contributed by atoms with Crippen LogP contribution in [0.3, 0.4) is 0 Å². The van der Waals surface area contributed by atoms with Gasteiger partial charge in [0.2, 0.25) is 0 Å². The molecule has 9 nitrogen and oxygen atoms in total. The number of ether oxygens (including phenoxy) is 1. The zero-order valence-electron chi connectivity index (χ0n) is 13.0. The van der Waals surface area contributed by atoms with Crippen molar-refractivity contribution in [3.8, 4) is 0 Å². The predicted molar refractivity (Wildman–Crippen MR) is 96.0 cm³/mol. The molecule has 25 heavy (non-hydrogen) atoms. The largest absolute Gasteiger partial charge is 0.394 e. The average molecular weight is 458 g/mol. The summed E-state index contributed by atoms with van der Waals surface area (Å²) >= 11 is 2.12. The number of hydrogen-bond donors (Lipinski definition) is 4. The van der Waals surface area contributed by atoms with Crippen LogP contribution in [-0.4, -0.2) is 59.7 Å². The van der Waals surface area contributed by atoms with Gasteiger partial charge in [0.15, 0.2) is 6.23 Å². The summed E-state index contributed by atoms with van der Waals surface area (Å²) in [4.78, 5) is 12.1. The molecule has 132 valence electrons. The molecule has 1 aliphatic rings. The Bertz CT molecular complexity index is 1030. The van der Waals surface area contributed by atoms with E-state index in [2.05, 4.69) is 37.9 Å². The molecular formula is C15H15IN4O5. The van der Waals surface area contributed by atoms with Crippen LogP contribution in [0.25, 0.3) is 21.7 Å². The van der Waals surface area contributed by atoms with Crippen LogP contribution in [-0.2, 0) is 4.74 Å². The van der Waals surface area contributed by atoms with E-state index in [0.29, 0.717) is 16.3 Å². The first-order valence-electron chi connectivity index (χ1n) is 7.56. The molecule has 1 aromatic carbocycles. The number of halogens is 1. The molecule has 10 heteroatoms. The smallest absolute Gasteiger partial charge is 0.272 e. The van der Waals surface area contributed by atoms with E-state index in [1.807, 2.05) is 0 Å². The maximum atomic E-state index is 12.1. The van der Waals surface area contributed by atoms with Crippen molar-refractivity contribution in [2.75, 3.05) is 6.61 Å². The Morgan fingerprint density at radius 2 is 2.24 bits per heavy atom. The highest BCUT2D eigenvalue weighted by Crippen LogP contribution is 2.39. The Labute approximate surface area is 154 Å². The molecule has 0 bridgehead atoms. The van der Waals surface area contributed by atoms with Crippen LogP contribution in [0, 0.1) is 3.57 Å². The lowest BCUT2D eigenvalue weighted by atomic mass is 9.97. The average Bonchev–Trinajstić information content (AvgIpc) is 2.96. The number of nitrogens with zero attached hydrogens (tertiary/aromatic N) is 3. The fourth-order valence-electron chi connectivity index (χ4n) is 3.25. The van der Waals surface area contributed by atoms with Gasteiger partial charge in [-0.05, 0) is 35.6 Å². The third kappa shape index (κ3) is 2.39. The van der Waals surface area contributed by atoms with Gasteiger partial charge in [-0.3, -0.25) is 4.79 Å². The highest BCUT2D eigenvalue weighted by molar-refractivity contribution is 14.1. The molecule has 0 radical (unpaired) electrons. The summed E-state index contributed by atoms with van der Waals surface area (Å²) in [5, 5.41) is 42.7. The maximum Gasteiger partial charge on any atom is 0.272 e. The number of aromatic amines is 1. The first-order valence-corrected chi connectivity index (χ1v) is 8.64. The van der Waals surface area contributed by atoms with Gasteiger partial charge in [0, 0.05) is 20.5 Å². The summed E-state index contributed by atoms with van der Waals surface area (Å²) in [7, 11) is 0. The lowest BCUT2D eigenvalue weighted by molar-refractivity contribution is -0.102. The fraction of sp³-hybridized carbons (Fsp3) is 0.400. The Balaban J connectivity index is 1.98. The summed E-state index contributed by atoms with van der Waals surface area (Å²) < 4.78 is 7.84. The number of hydrogen-bond acceptors (Lipinski definition) is 7. The Morgan fingerprint density at radius 3 is 2.92 bits per heavy atom. The fourth-order valence-corrected chi connectivity index (χ4v) is 3.97. The summed E-state index contributed by atoms with van der Waals surface area (Å²) in [6, 6.07) is 1.74. The van der Waals surface area contributed by atoms with Crippen LogP contribution in [0.15, 0.2) is 23.3 Å². The van der Waals surface area contributed by atoms with Gasteiger partial charge in [-0.25, -0.2) is 9.78 Å². The molecule has 1 aliphatic heterocycles. The molecule has 0 unspecified atom stereocenters. The van der Waals surface area contributed by atoms with Crippen LogP contribution < -0.4 is 5.56 Å². The van der Waals surface area contributed by atoms with E-state index in [1.165, 1.54) is 17.8 Å². The molecule has 3 aromatic rings. The van der Waals surface area contributed by atoms with E-state index >= 15 is 0 Å². The van der Waals surface area contributed by atoms with Crippen molar-refractivity contribution >= 4 is 44.3 Å². The van der Waals surface area contributed by atoms with Crippen LogP contribution >= 0.6 is 22.6 Å². The maximum absolute atomic E-state index is 12.1. The minimum atomic E-state index is -1.65. The molecule has 3 heterocycles. The van der Waals surface area contributed by atoms with E-state index in [1.54, 1.807) is 12.3 Å². The van der Waals surface area contributed by atoms with Crippen LogP contribution in [0.5, 0.6) is 0 Å². The van der Waals surface area contributed by atoms with Gasteiger partial charge in [-0.1, -0.05) is 0 Å². The molecule has 0 spiro atoms. The van der Waals surface area contributed by atoms with Gasteiger partial charge >= 0.3 is 0 Å².